The second-order valence-electron chi connectivity index (χ2n) is 3.27. The number of rotatable bonds is 2. The van der Waals surface area contributed by atoms with Crippen LogP contribution in [-0.2, 0) is 0 Å². The fourth-order valence-electron chi connectivity index (χ4n) is 1.34. The molecule has 0 N–H and O–H groups in total. The Labute approximate surface area is 101 Å². The van der Waals surface area contributed by atoms with Crippen molar-refractivity contribution < 1.29 is 4.79 Å². The predicted molar refractivity (Wildman–Crippen MR) is 66.6 cm³/mol. The molecule has 0 saturated carbocycles. The Morgan fingerprint density at radius 1 is 1.20 bits per heavy atom. The fourth-order valence-corrected chi connectivity index (χ4v) is 2.49. The second-order valence-corrected chi connectivity index (χ2v) is 5.10. The zero-order valence-electron chi connectivity index (χ0n) is 8.16. The second kappa shape index (κ2) is 4.29. The lowest BCUT2D eigenvalue weighted by Gasteiger charge is -1.99. The number of carbonyl (C=O) groups is 1. The highest BCUT2D eigenvalue weighted by atomic mass is 79.9. The van der Waals surface area contributed by atoms with E-state index in [1.54, 1.807) is 0 Å². The monoisotopic (exact) mass is 280 g/mol. The summed E-state index contributed by atoms with van der Waals surface area (Å²) in [4.78, 5) is 12.9. The van der Waals surface area contributed by atoms with E-state index in [4.69, 9.17) is 0 Å². The molecule has 0 bridgehead atoms. The van der Waals surface area contributed by atoms with Gasteiger partial charge in [-0.05, 0) is 48.2 Å². The van der Waals surface area contributed by atoms with Gasteiger partial charge < -0.3 is 0 Å². The van der Waals surface area contributed by atoms with Crippen molar-refractivity contribution in [3.63, 3.8) is 0 Å². The Bertz CT molecular complexity index is 485. The number of hydrogen-bond donors (Lipinski definition) is 0. The van der Waals surface area contributed by atoms with Gasteiger partial charge in [0.15, 0.2) is 0 Å². The molecule has 0 aliphatic heterocycles. The van der Waals surface area contributed by atoms with Crippen LogP contribution in [-0.4, -0.2) is 5.78 Å². The normalized spacial score (nSPS) is 10.3. The first-order chi connectivity index (χ1) is 7.18. The Kier molecular flexibility index (Phi) is 3.03. The van der Waals surface area contributed by atoms with Crippen LogP contribution in [0.2, 0.25) is 0 Å². The predicted octanol–water partition coefficient (Wildman–Crippen LogP) is 4.05. The topological polar surface area (TPSA) is 17.1 Å². The molecule has 3 heteroatoms. The van der Waals surface area contributed by atoms with Gasteiger partial charge in [-0.1, -0.05) is 15.9 Å². The summed E-state index contributed by atoms with van der Waals surface area (Å²) < 4.78 is 0.988. The summed E-state index contributed by atoms with van der Waals surface area (Å²) in [6, 6.07) is 9.42. The van der Waals surface area contributed by atoms with Crippen LogP contribution in [0.5, 0.6) is 0 Å². The summed E-state index contributed by atoms with van der Waals surface area (Å²) in [7, 11) is 0. The zero-order valence-corrected chi connectivity index (χ0v) is 10.6. The molecule has 0 fully saturated rings. The molecule has 2 rings (SSSR count). The molecule has 0 aliphatic rings. The molecule has 1 nitrogen and oxygen atoms in total. The number of aryl methyl sites for hydroxylation is 1. The van der Waals surface area contributed by atoms with Gasteiger partial charge in [0.2, 0.25) is 5.78 Å². The molecule has 1 aromatic heterocycles. The van der Waals surface area contributed by atoms with Crippen LogP contribution < -0.4 is 0 Å². The van der Waals surface area contributed by atoms with Crippen molar-refractivity contribution in [3.8, 4) is 0 Å². The summed E-state index contributed by atoms with van der Waals surface area (Å²) in [5.74, 6) is 0.106. The molecule has 76 valence electrons. The van der Waals surface area contributed by atoms with Gasteiger partial charge in [0.1, 0.15) is 0 Å². The molecule has 0 aliphatic carbocycles. The lowest BCUT2D eigenvalue weighted by atomic mass is 10.1. The largest absolute Gasteiger partial charge is 0.288 e. The summed E-state index contributed by atoms with van der Waals surface area (Å²) in [6.07, 6.45) is 0. The molecule has 0 spiro atoms. The SMILES string of the molecule is Cc1ccsc1C(=O)c1ccc(Br)cc1. The van der Waals surface area contributed by atoms with Gasteiger partial charge in [0.25, 0.3) is 0 Å². The molecule has 1 aromatic carbocycles. The van der Waals surface area contributed by atoms with Crippen LogP contribution in [0.15, 0.2) is 40.2 Å². The van der Waals surface area contributed by atoms with Crippen LogP contribution >= 0.6 is 27.3 Å². The first-order valence-electron chi connectivity index (χ1n) is 4.53. The van der Waals surface area contributed by atoms with E-state index in [2.05, 4.69) is 15.9 Å². The van der Waals surface area contributed by atoms with E-state index in [-0.39, 0.29) is 5.78 Å². The molecule has 0 amide bonds. The first-order valence-corrected chi connectivity index (χ1v) is 6.20. The number of halogens is 1. The van der Waals surface area contributed by atoms with E-state index < -0.39 is 0 Å². The lowest BCUT2D eigenvalue weighted by Crippen LogP contribution is -1.99. The highest BCUT2D eigenvalue weighted by molar-refractivity contribution is 9.10. The Balaban J connectivity index is 2.37. The number of carbonyl (C=O) groups excluding carboxylic acids is 1. The van der Waals surface area contributed by atoms with Crippen molar-refractivity contribution in [3.05, 3.63) is 56.2 Å². The maximum Gasteiger partial charge on any atom is 0.203 e. The van der Waals surface area contributed by atoms with Crippen LogP contribution in [0.4, 0.5) is 0 Å². The van der Waals surface area contributed by atoms with E-state index in [0.29, 0.717) is 0 Å². The first kappa shape index (κ1) is 10.6. The average Bonchev–Trinajstić information content (AvgIpc) is 2.65. The number of thiophene rings is 1. The molecule has 1 heterocycles. The fraction of sp³-hybridized carbons (Fsp3) is 0.0833. The lowest BCUT2D eigenvalue weighted by molar-refractivity contribution is 0.104. The maximum atomic E-state index is 12.0. The Morgan fingerprint density at radius 2 is 1.87 bits per heavy atom. The highest BCUT2D eigenvalue weighted by Crippen LogP contribution is 2.21. The third kappa shape index (κ3) is 2.19. The summed E-state index contributed by atoms with van der Waals surface area (Å²) in [5.41, 5.74) is 1.79. The smallest absolute Gasteiger partial charge is 0.203 e. The summed E-state index contributed by atoms with van der Waals surface area (Å²) in [6.45, 7) is 1.96. The molecule has 0 unspecified atom stereocenters. The van der Waals surface area contributed by atoms with Crippen molar-refractivity contribution in [1.82, 2.24) is 0 Å². The molecule has 0 atom stereocenters. The van der Waals surface area contributed by atoms with E-state index >= 15 is 0 Å². The van der Waals surface area contributed by atoms with Crippen LogP contribution in [0, 0.1) is 6.92 Å². The van der Waals surface area contributed by atoms with Crippen molar-refractivity contribution in [2.45, 2.75) is 6.92 Å². The van der Waals surface area contributed by atoms with Crippen molar-refractivity contribution in [2.24, 2.45) is 0 Å². The number of ketones is 1. The van der Waals surface area contributed by atoms with E-state index in [1.165, 1.54) is 11.3 Å². The Hall–Kier alpha value is -0.930. The van der Waals surface area contributed by atoms with Gasteiger partial charge in [0, 0.05) is 10.0 Å². The van der Waals surface area contributed by atoms with E-state index in [1.807, 2.05) is 42.6 Å². The molecular weight excluding hydrogens is 272 g/mol. The minimum absolute atomic E-state index is 0.106. The minimum atomic E-state index is 0.106. The molecule has 15 heavy (non-hydrogen) atoms. The van der Waals surface area contributed by atoms with Gasteiger partial charge in [-0.25, -0.2) is 0 Å². The van der Waals surface area contributed by atoms with Crippen molar-refractivity contribution in [1.29, 1.82) is 0 Å². The molecular formula is C12H9BrOS. The third-order valence-electron chi connectivity index (χ3n) is 2.17. The number of hydrogen-bond acceptors (Lipinski definition) is 2. The maximum absolute atomic E-state index is 12.0. The highest BCUT2D eigenvalue weighted by Gasteiger charge is 2.12. The van der Waals surface area contributed by atoms with E-state index in [9.17, 15) is 4.79 Å². The zero-order chi connectivity index (χ0) is 10.8. The molecule has 2 aromatic rings. The Morgan fingerprint density at radius 3 is 2.40 bits per heavy atom. The van der Waals surface area contributed by atoms with Crippen molar-refractivity contribution in [2.75, 3.05) is 0 Å². The minimum Gasteiger partial charge on any atom is -0.288 e. The van der Waals surface area contributed by atoms with Gasteiger partial charge in [-0.15, -0.1) is 11.3 Å². The summed E-state index contributed by atoms with van der Waals surface area (Å²) >= 11 is 4.84. The molecule has 0 radical (unpaired) electrons. The standard InChI is InChI=1S/C12H9BrOS/c1-8-6-7-15-12(8)11(14)9-2-4-10(13)5-3-9/h2-7H,1H3. The average molecular weight is 281 g/mol. The van der Waals surface area contributed by atoms with Crippen molar-refractivity contribution >= 4 is 33.0 Å². The van der Waals surface area contributed by atoms with Crippen LogP contribution in [0.25, 0.3) is 0 Å². The van der Waals surface area contributed by atoms with Gasteiger partial charge >= 0.3 is 0 Å². The quantitative estimate of drug-likeness (QED) is 0.759. The van der Waals surface area contributed by atoms with Crippen LogP contribution in [0.1, 0.15) is 20.8 Å². The molecule has 0 saturated heterocycles. The van der Waals surface area contributed by atoms with E-state index in [0.717, 1.165) is 20.5 Å². The number of benzene rings is 1. The van der Waals surface area contributed by atoms with Crippen LogP contribution in [0.3, 0.4) is 0 Å². The third-order valence-corrected chi connectivity index (χ3v) is 3.72. The van der Waals surface area contributed by atoms with Gasteiger partial charge in [0.05, 0.1) is 4.88 Å². The van der Waals surface area contributed by atoms with Gasteiger partial charge in [-0.2, -0.15) is 0 Å². The summed E-state index contributed by atoms with van der Waals surface area (Å²) in [5, 5.41) is 1.95. The van der Waals surface area contributed by atoms with Gasteiger partial charge in [-0.3, -0.25) is 4.79 Å².